The Morgan fingerprint density at radius 2 is 2.00 bits per heavy atom. The van der Waals surface area contributed by atoms with Gasteiger partial charge in [-0.3, -0.25) is 9.78 Å². The minimum atomic E-state index is -0.0604. The van der Waals surface area contributed by atoms with Gasteiger partial charge in [-0.15, -0.1) is 0 Å². The average molecular weight is 334 g/mol. The highest BCUT2D eigenvalue weighted by molar-refractivity contribution is 9.10. The predicted octanol–water partition coefficient (Wildman–Crippen LogP) is 2.88. The molecule has 0 fully saturated rings. The summed E-state index contributed by atoms with van der Waals surface area (Å²) in [4.78, 5) is 15.7. The molecule has 0 aliphatic carbocycles. The van der Waals surface area contributed by atoms with Gasteiger partial charge in [-0.05, 0) is 42.3 Å². The lowest BCUT2D eigenvalue weighted by Gasteiger charge is -2.08. The Balaban J connectivity index is 1.79. The van der Waals surface area contributed by atoms with Gasteiger partial charge in [-0.25, -0.2) is 0 Å². The molecular weight excluding hydrogens is 318 g/mol. The Hall–Kier alpha value is -1.72. The van der Waals surface area contributed by atoms with Crippen molar-refractivity contribution in [2.75, 3.05) is 11.9 Å². The van der Waals surface area contributed by atoms with Gasteiger partial charge in [0.25, 0.3) is 0 Å². The Bertz CT molecular complexity index is 587. The number of carbonyl (C=O) groups excluding carboxylic acids is 1. The molecule has 0 bridgehead atoms. The number of nitrogens with one attached hydrogen (secondary N) is 2. The first-order valence-corrected chi connectivity index (χ1v) is 7.10. The highest BCUT2D eigenvalue weighted by atomic mass is 79.9. The van der Waals surface area contributed by atoms with Crippen LogP contribution >= 0.6 is 15.9 Å². The van der Waals surface area contributed by atoms with Gasteiger partial charge in [0.1, 0.15) is 0 Å². The zero-order valence-corrected chi connectivity index (χ0v) is 12.8. The third-order valence-corrected chi connectivity index (χ3v) is 3.67. The van der Waals surface area contributed by atoms with Crippen LogP contribution in [0.3, 0.4) is 0 Å². The Morgan fingerprint density at radius 1 is 1.25 bits per heavy atom. The molecule has 5 heteroatoms. The summed E-state index contributed by atoms with van der Waals surface area (Å²) in [5.74, 6) is -0.0604. The first kappa shape index (κ1) is 14.7. The molecule has 0 saturated heterocycles. The van der Waals surface area contributed by atoms with E-state index in [2.05, 4.69) is 31.5 Å². The van der Waals surface area contributed by atoms with E-state index >= 15 is 0 Å². The fourth-order valence-electron chi connectivity index (χ4n) is 1.70. The molecule has 1 aromatic carbocycles. The van der Waals surface area contributed by atoms with Crippen LogP contribution in [0.1, 0.15) is 11.1 Å². The van der Waals surface area contributed by atoms with Crippen LogP contribution in [0.5, 0.6) is 0 Å². The van der Waals surface area contributed by atoms with Gasteiger partial charge < -0.3 is 10.6 Å². The topological polar surface area (TPSA) is 54.0 Å². The molecule has 104 valence electrons. The fraction of sp³-hybridized carbons (Fsp3) is 0.200. The van der Waals surface area contributed by atoms with Crippen LogP contribution in [-0.2, 0) is 11.3 Å². The van der Waals surface area contributed by atoms with Gasteiger partial charge in [-0.2, -0.15) is 0 Å². The molecule has 0 atom stereocenters. The van der Waals surface area contributed by atoms with E-state index in [0.717, 1.165) is 21.3 Å². The van der Waals surface area contributed by atoms with Crippen LogP contribution in [-0.4, -0.2) is 17.4 Å². The molecular formula is C15H16BrN3O. The second-order valence-corrected chi connectivity index (χ2v) is 5.33. The van der Waals surface area contributed by atoms with Crippen molar-refractivity contribution in [3.8, 4) is 0 Å². The van der Waals surface area contributed by atoms with E-state index in [9.17, 15) is 4.79 Å². The summed E-state index contributed by atoms with van der Waals surface area (Å²) in [6.45, 7) is 2.92. The molecule has 0 radical (unpaired) electrons. The molecule has 2 aromatic rings. The lowest BCUT2D eigenvalue weighted by Crippen LogP contribution is -2.27. The zero-order valence-electron chi connectivity index (χ0n) is 11.2. The van der Waals surface area contributed by atoms with Crippen LogP contribution in [0, 0.1) is 6.92 Å². The first-order valence-electron chi connectivity index (χ1n) is 6.31. The van der Waals surface area contributed by atoms with E-state index in [-0.39, 0.29) is 12.5 Å². The van der Waals surface area contributed by atoms with E-state index in [1.807, 2.05) is 37.3 Å². The largest absolute Gasteiger partial charge is 0.325 e. The van der Waals surface area contributed by atoms with E-state index in [4.69, 9.17) is 0 Å². The molecule has 0 aliphatic heterocycles. The molecule has 0 aliphatic rings. The van der Waals surface area contributed by atoms with Crippen molar-refractivity contribution in [3.05, 3.63) is 58.3 Å². The fourth-order valence-corrected chi connectivity index (χ4v) is 2.08. The molecule has 1 heterocycles. The smallest absolute Gasteiger partial charge is 0.238 e. The van der Waals surface area contributed by atoms with Crippen molar-refractivity contribution >= 4 is 27.5 Å². The third-order valence-electron chi connectivity index (χ3n) is 2.82. The summed E-state index contributed by atoms with van der Waals surface area (Å²) >= 11 is 3.45. The number of benzene rings is 1. The van der Waals surface area contributed by atoms with Gasteiger partial charge >= 0.3 is 0 Å². The quantitative estimate of drug-likeness (QED) is 0.884. The maximum Gasteiger partial charge on any atom is 0.238 e. The molecule has 0 unspecified atom stereocenters. The number of nitrogens with zero attached hydrogens (tertiary/aromatic N) is 1. The standard InChI is InChI=1S/C15H16BrN3O/c1-11-2-3-13(8-14(11)16)19-15(20)10-18-9-12-4-6-17-7-5-12/h2-8,18H,9-10H2,1H3,(H,19,20). The number of hydrogen-bond donors (Lipinski definition) is 2. The monoisotopic (exact) mass is 333 g/mol. The number of hydrogen-bond acceptors (Lipinski definition) is 3. The van der Waals surface area contributed by atoms with Gasteiger partial charge in [0.2, 0.25) is 5.91 Å². The Kier molecular flexibility index (Phi) is 5.26. The summed E-state index contributed by atoms with van der Waals surface area (Å²) in [6.07, 6.45) is 3.47. The molecule has 1 amide bonds. The number of carbonyl (C=O) groups is 1. The van der Waals surface area contributed by atoms with Crippen LogP contribution in [0.2, 0.25) is 0 Å². The Morgan fingerprint density at radius 3 is 2.70 bits per heavy atom. The van der Waals surface area contributed by atoms with Gasteiger partial charge in [0.15, 0.2) is 0 Å². The molecule has 20 heavy (non-hydrogen) atoms. The van der Waals surface area contributed by atoms with Crippen molar-refractivity contribution in [3.63, 3.8) is 0 Å². The van der Waals surface area contributed by atoms with E-state index in [1.165, 1.54) is 0 Å². The van der Waals surface area contributed by atoms with Crippen molar-refractivity contribution in [1.29, 1.82) is 0 Å². The summed E-state index contributed by atoms with van der Waals surface area (Å²) in [6, 6.07) is 9.59. The second kappa shape index (κ2) is 7.17. The normalized spacial score (nSPS) is 10.3. The predicted molar refractivity (Wildman–Crippen MR) is 83.5 cm³/mol. The SMILES string of the molecule is Cc1ccc(NC(=O)CNCc2ccncc2)cc1Br. The number of halogens is 1. The lowest BCUT2D eigenvalue weighted by molar-refractivity contribution is -0.115. The third kappa shape index (κ3) is 4.43. The zero-order chi connectivity index (χ0) is 14.4. The second-order valence-electron chi connectivity index (χ2n) is 4.47. The number of aromatic nitrogens is 1. The van der Waals surface area contributed by atoms with Gasteiger partial charge in [0.05, 0.1) is 6.54 Å². The minimum Gasteiger partial charge on any atom is -0.325 e. The van der Waals surface area contributed by atoms with Crippen LogP contribution in [0.25, 0.3) is 0 Å². The molecule has 0 spiro atoms. The van der Waals surface area contributed by atoms with Crippen molar-refractivity contribution in [1.82, 2.24) is 10.3 Å². The van der Waals surface area contributed by atoms with Gasteiger partial charge in [-0.1, -0.05) is 22.0 Å². The van der Waals surface area contributed by atoms with Crippen molar-refractivity contribution < 1.29 is 4.79 Å². The Labute approximate surface area is 126 Å². The molecule has 2 rings (SSSR count). The van der Waals surface area contributed by atoms with Gasteiger partial charge in [0, 0.05) is 29.1 Å². The number of anilines is 1. The summed E-state index contributed by atoms with van der Waals surface area (Å²) in [5, 5.41) is 5.95. The first-order chi connectivity index (χ1) is 9.65. The van der Waals surface area contributed by atoms with Crippen LogP contribution < -0.4 is 10.6 Å². The summed E-state index contributed by atoms with van der Waals surface area (Å²) < 4.78 is 0.986. The van der Waals surface area contributed by atoms with E-state index in [1.54, 1.807) is 12.4 Å². The number of aryl methyl sites for hydroxylation is 1. The summed E-state index contributed by atoms with van der Waals surface area (Å²) in [5.41, 5.74) is 3.03. The minimum absolute atomic E-state index is 0.0604. The lowest BCUT2D eigenvalue weighted by atomic mass is 10.2. The highest BCUT2D eigenvalue weighted by Gasteiger charge is 2.03. The van der Waals surface area contributed by atoms with E-state index < -0.39 is 0 Å². The maximum absolute atomic E-state index is 11.8. The molecule has 2 N–H and O–H groups in total. The number of rotatable bonds is 5. The number of pyridine rings is 1. The van der Waals surface area contributed by atoms with Crippen LogP contribution in [0.15, 0.2) is 47.2 Å². The maximum atomic E-state index is 11.8. The van der Waals surface area contributed by atoms with Crippen molar-refractivity contribution in [2.24, 2.45) is 0 Å². The highest BCUT2D eigenvalue weighted by Crippen LogP contribution is 2.20. The van der Waals surface area contributed by atoms with Crippen LogP contribution in [0.4, 0.5) is 5.69 Å². The van der Waals surface area contributed by atoms with Crippen molar-refractivity contribution in [2.45, 2.75) is 13.5 Å². The number of amides is 1. The average Bonchev–Trinajstić information content (AvgIpc) is 2.44. The van der Waals surface area contributed by atoms with E-state index in [0.29, 0.717) is 6.54 Å². The molecule has 1 aromatic heterocycles. The summed E-state index contributed by atoms with van der Waals surface area (Å²) in [7, 11) is 0. The molecule has 4 nitrogen and oxygen atoms in total. The molecule has 0 saturated carbocycles.